The zero-order valence-electron chi connectivity index (χ0n) is 11.0. The Hall–Kier alpha value is -2.89. The molecule has 0 saturated heterocycles. The van der Waals surface area contributed by atoms with Gasteiger partial charge in [0.2, 0.25) is 6.17 Å². The van der Waals surface area contributed by atoms with E-state index in [1.807, 2.05) is 28.8 Å². The number of aliphatic imine (C=N–C) groups is 1. The van der Waals surface area contributed by atoms with Gasteiger partial charge in [-0.2, -0.15) is 4.99 Å². The number of halogens is 1. The Balaban J connectivity index is 1.95. The van der Waals surface area contributed by atoms with Gasteiger partial charge < -0.3 is 5.73 Å². The fourth-order valence-corrected chi connectivity index (χ4v) is 2.64. The molecule has 1 aromatic heterocycles. The third kappa shape index (κ3) is 1.84. The molecule has 104 valence electrons. The molecule has 0 unspecified atom stereocenters. The van der Waals surface area contributed by atoms with Crippen molar-refractivity contribution in [3.63, 3.8) is 0 Å². The number of anilines is 1. The summed E-state index contributed by atoms with van der Waals surface area (Å²) < 4.78 is 15.1. The van der Waals surface area contributed by atoms with Crippen molar-refractivity contribution in [2.75, 3.05) is 5.32 Å². The largest absolute Gasteiger partial charge is 0.365 e. The minimum Gasteiger partial charge on any atom is -0.357 e. The summed E-state index contributed by atoms with van der Waals surface area (Å²) in [7, 11) is 0. The van der Waals surface area contributed by atoms with Crippen LogP contribution in [0.4, 0.5) is 10.3 Å². The zero-order chi connectivity index (χ0) is 14.4. The Kier molecular flexibility index (Phi) is 2.44. The molecule has 0 amide bonds. The van der Waals surface area contributed by atoms with Gasteiger partial charge in [-0.3, -0.25) is 0 Å². The molecular formula is C15H13FN5+. The number of fused-ring (bicyclic) bond motifs is 3. The lowest BCUT2D eigenvalue weighted by Gasteiger charge is -2.18. The Morgan fingerprint density at radius 2 is 1.86 bits per heavy atom. The van der Waals surface area contributed by atoms with E-state index in [9.17, 15) is 4.39 Å². The maximum absolute atomic E-state index is 13.1. The van der Waals surface area contributed by atoms with Crippen molar-refractivity contribution < 1.29 is 8.96 Å². The van der Waals surface area contributed by atoms with E-state index in [4.69, 9.17) is 5.73 Å². The summed E-state index contributed by atoms with van der Waals surface area (Å²) in [6.07, 6.45) is -0.321. The first-order chi connectivity index (χ1) is 10.2. The van der Waals surface area contributed by atoms with Gasteiger partial charge in [0.15, 0.2) is 0 Å². The smallest absolute Gasteiger partial charge is 0.357 e. The average molecular weight is 282 g/mol. The molecule has 0 radical (unpaired) electrons. The predicted octanol–water partition coefficient (Wildman–Crippen LogP) is 1.88. The molecule has 5 nitrogen and oxygen atoms in total. The molecule has 0 fully saturated rings. The van der Waals surface area contributed by atoms with Crippen LogP contribution < -0.4 is 15.6 Å². The molecule has 0 saturated carbocycles. The third-order valence-corrected chi connectivity index (χ3v) is 3.58. The molecule has 1 aliphatic rings. The van der Waals surface area contributed by atoms with E-state index in [1.165, 1.54) is 12.1 Å². The third-order valence-electron chi connectivity index (χ3n) is 3.58. The SMILES string of the molecule is NC1=N[C@@H](c2ccc(F)cc2)[n+]2c([nH]c3ccccc32)N1. The molecule has 6 heteroatoms. The van der Waals surface area contributed by atoms with Crippen LogP contribution in [0.3, 0.4) is 0 Å². The minimum absolute atomic E-state index is 0.270. The normalized spacial score (nSPS) is 17.2. The van der Waals surface area contributed by atoms with Crippen molar-refractivity contribution in [2.45, 2.75) is 6.17 Å². The summed E-state index contributed by atoms with van der Waals surface area (Å²) in [5, 5.41) is 3.02. The second-order valence-electron chi connectivity index (χ2n) is 4.93. The van der Waals surface area contributed by atoms with Crippen LogP contribution in [0, 0.1) is 5.82 Å². The molecule has 21 heavy (non-hydrogen) atoms. The summed E-state index contributed by atoms with van der Waals surface area (Å²) in [5.74, 6) is 0.822. The van der Waals surface area contributed by atoms with Gasteiger partial charge in [-0.25, -0.2) is 19.3 Å². The number of guanidine groups is 1. The summed E-state index contributed by atoms with van der Waals surface area (Å²) in [6.45, 7) is 0. The number of nitrogens with two attached hydrogens (primary N) is 1. The summed E-state index contributed by atoms with van der Waals surface area (Å²) >= 11 is 0. The number of benzene rings is 2. The highest BCUT2D eigenvalue weighted by molar-refractivity contribution is 5.92. The van der Waals surface area contributed by atoms with Crippen LogP contribution in [0.5, 0.6) is 0 Å². The van der Waals surface area contributed by atoms with Gasteiger partial charge in [0, 0.05) is 5.56 Å². The van der Waals surface area contributed by atoms with E-state index in [2.05, 4.69) is 15.3 Å². The van der Waals surface area contributed by atoms with Crippen molar-refractivity contribution in [3.05, 3.63) is 59.9 Å². The lowest BCUT2D eigenvalue weighted by atomic mass is 10.1. The molecule has 4 rings (SSSR count). The van der Waals surface area contributed by atoms with Crippen LogP contribution in [-0.4, -0.2) is 10.9 Å². The molecule has 1 atom stereocenters. The molecule has 0 bridgehead atoms. The minimum atomic E-state index is -0.321. The molecule has 0 aliphatic carbocycles. The number of rotatable bonds is 1. The molecule has 1 aliphatic heterocycles. The Labute approximate surface area is 119 Å². The number of aromatic nitrogens is 2. The van der Waals surface area contributed by atoms with Gasteiger partial charge in [-0.1, -0.05) is 24.3 Å². The van der Waals surface area contributed by atoms with Crippen molar-refractivity contribution in [1.82, 2.24) is 4.98 Å². The van der Waals surface area contributed by atoms with E-state index in [0.29, 0.717) is 5.96 Å². The van der Waals surface area contributed by atoms with Gasteiger partial charge in [0.25, 0.3) is 5.96 Å². The molecule has 2 heterocycles. The maximum Gasteiger partial charge on any atom is 0.365 e. The average Bonchev–Trinajstić information content (AvgIpc) is 2.85. The van der Waals surface area contributed by atoms with E-state index in [-0.39, 0.29) is 12.0 Å². The lowest BCUT2D eigenvalue weighted by molar-refractivity contribution is -0.674. The van der Waals surface area contributed by atoms with Gasteiger partial charge in [-0.05, 0) is 24.3 Å². The molecule has 4 N–H and O–H groups in total. The first-order valence-electron chi connectivity index (χ1n) is 6.60. The monoisotopic (exact) mass is 282 g/mol. The number of hydrogen-bond acceptors (Lipinski definition) is 3. The van der Waals surface area contributed by atoms with Crippen molar-refractivity contribution >= 4 is 22.9 Å². The number of imidazole rings is 1. The van der Waals surface area contributed by atoms with Crippen molar-refractivity contribution in [2.24, 2.45) is 10.7 Å². The summed E-state index contributed by atoms with van der Waals surface area (Å²) in [5.41, 5.74) is 8.72. The van der Waals surface area contributed by atoms with Crippen LogP contribution >= 0.6 is 0 Å². The van der Waals surface area contributed by atoms with Gasteiger partial charge in [0.05, 0.1) is 0 Å². The Morgan fingerprint density at radius 3 is 2.67 bits per heavy atom. The lowest BCUT2D eigenvalue weighted by Crippen LogP contribution is -2.48. The highest BCUT2D eigenvalue weighted by Gasteiger charge is 2.30. The van der Waals surface area contributed by atoms with Crippen molar-refractivity contribution in [3.8, 4) is 0 Å². The first-order valence-corrected chi connectivity index (χ1v) is 6.60. The number of para-hydroxylation sites is 2. The van der Waals surface area contributed by atoms with Crippen LogP contribution in [0.25, 0.3) is 11.0 Å². The second kappa shape index (κ2) is 4.31. The molecule has 3 aromatic rings. The topological polar surface area (TPSA) is 70.1 Å². The van der Waals surface area contributed by atoms with E-state index in [0.717, 1.165) is 22.5 Å². The number of hydrogen-bond donors (Lipinski definition) is 3. The molecule has 2 aromatic carbocycles. The van der Waals surface area contributed by atoms with E-state index < -0.39 is 0 Å². The van der Waals surface area contributed by atoms with Gasteiger partial charge >= 0.3 is 5.95 Å². The zero-order valence-corrected chi connectivity index (χ0v) is 11.0. The van der Waals surface area contributed by atoms with E-state index >= 15 is 0 Å². The highest BCUT2D eigenvalue weighted by atomic mass is 19.1. The molecule has 0 spiro atoms. The standard InChI is InChI=1S/C15H12FN5/c16-10-7-5-9(6-8-10)13-19-14(17)20-15-18-11-3-1-2-4-12(11)21(13)15/h1-8,13H,(H3,17,18,19,20)/p+1/t13-/m1/s1. The second-order valence-corrected chi connectivity index (χ2v) is 4.93. The van der Waals surface area contributed by atoms with Crippen LogP contribution in [0.1, 0.15) is 11.7 Å². The van der Waals surface area contributed by atoms with Gasteiger partial charge in [0.1, 0.15) is 16.9 Å². The predicted molar refractivity (Wildman–Crippen MR) is 78.3 cm³/mol. The van der Waals surface area contributed by atoms with Crippen molar-refractivity contribution in [1.29, 1.82) is 0 Å². The maximum atomic E-state index is 13.1. The first kappa shape index (κ1) is 11.9. The Morgan fingerprint density at radius 1 is 1.10 bits per heavy atom. The summed E-state index contributed by atoms with van der Waals surface area (Å²) in [6, 6.07) is 14.2. The highest BCUT2D eigenvalue weighted by Crippen LogP contribution is 2.23. The van der Waals surface area contributed by atoms with Crippen LogP contribution in [0.2, 0.25) is 0 Å². The quantitative estimate of drug-likeness (QED) is 0.596. The van der Waals surface area contributed by atoms with Crippen LogP contribution in [-0.2, 0) is 0 Å². The Bertz CT molecular complexity index is 850. The number of aromatic amines is 1. The molecular weight excluding hydrogens is 269 g/mol. The number of nitrogens with zero attached hydrogens (tertiary/aromatic N) is 2. The number of nitrogens with one attached hydrogen (secondary N) is 2. The van der Waals surface area contributed by atoms with Crippen LogP contribution in [0.15, 0.2) is 53.5 Å². The fraction of sp³-hybridized carbons (Fsp3) is 0.0667. The van der Waals surface area contributed by atoms with Gasteiger partial charge in [-0.15, -0.1) is 0 Å². The summed E-state index contributed by atoms with van der Waals surface area (Å²) in [4.78, 5) is 7.72. The fourth-order valence-electron chi connectivity index (χ4n) is 2.64. The number of H-pyrrole nitrogens is 1. The van der Waals surface area contributed by atoms with E-state index in [1.54, 1.807) is 12.1 Å².